The zero-order valence-electron chi connectivity index (χ0n) is 9.16. The van der Waals surface area contributed by atoms with Gasteiger partial charge in [-0.1, -0.05) is 12.1 Å². The molecule has 0 amide bonds. The van der Waals surface area contributed by atoms with Crippen LogP contribution in [0.2, 0.25) is 0 Å². The summed E-state index contributed by atoms with van der Waals surface area (Å²) in [5.41, 5.74) is 2.09. The number of benzene rings is 1. The van der Waals surface area contributed by atoms with E-state index in [1.54, 1.807) is 38.1 Å². The maximum atomic E-state index is 13.8. The van der Waals surface area contributed by atoms with E-state index in [2.05, 4.69) is 4.98 Å². The third-order valence-electron chi connectivity index (χ3n) is 2.53. The quantitative estimate of drug-likeness (QED) is 0.795. The molecular weight excluding hydrogens is 205 g/mol. The van der Waals surface area contributed by atoms with Crippen molar-refractivity contribution in [2.75, 3.05) is 0 Å². The van der Waals surface area contributed by atoms with E-state index in [0.717, 1.165) is 0 Å². The first-order chi connectivity index (χ1) is 7.59. The molecule has 0 aliphatic carbocycles. The van der Waals surface area contributed by atoms with Crippen LogP contribution in [-0.2, 0) is 0 Å². The second-order valence-corrected chi connectivity index (χ2v) is 3.74. The molecule has 0 spiro atoms. The van der Waals surface area contributed by atoms with Crippen molar-refractivity contribution in [2.45, 2.75) is 13.8 Å². The zero-order valence-corrected chi connectivity index (χ0v) is 9.16. The van der Waals surface area contributed by atoms with Crippen molar-refractivity contribution in [3.63, 3.8) is 0 Å². The number of aryl methyl sites for hydroxylation is 2. The third kappa shape index (κ3) is 1.76. The van der Waals surface area contributed by atoms with Crippen LogP contribution >= 0.6 is 0 Å². The van der Waals surface area contributed by atoms with Gasteiger partial charge in [-0.3, -0.25) is 0 Å². The Balaban J connectivity index is 2.59. The molecule has 82 valence electrons. The third-order valence-corrected chi connectivity index (χ3v) is 2.53. The molecule has 1 N–H and O–H groups in total. The Hall–Kier alpha value is -1.90. The average Bonchev–Trinajstić information content (AvgIpc) is 2.26. The van der Waals surface area contributed by atoms with E-state index in [1.807, 2.05) is 0 Å². The van der Waals surface area contributed by atoms with E-state index in [-0.39, 0.29) is 11.6 Å². The first-order valence-electron chi connectivity index (χ1n) is 5.01. The van der Waals surface area contributed by atoms with Gasteiger partial charge < -0.3 is 5.11 Å². The molecule has 0 aliphatic heterocycles. The van der Waals surface area contributed by atoms with Crippen molar-refractivity contribution in [2.24, 2.45) is 0 Å². The van der Waals surface area contributed by atoms with Gasteiger partial charge in [0, 0.05) is 5.56 Å². The Bertz CT molecular complexity index is 537. The van der Waals surface area contributed by atoms with Crippen LogP contribution < -0.4 is 0 Å². The standard InChI is InChI=1S/C13H12FNO/c1-8-4-3-5-10(13(8)14)11-6-7-12(16)9(2)15-11/h3-7,16H,1-2H3. The van der Waals surface area contributed by atoms with Gasteiger partial charge in [-0.05, 0) is 37.6 Å². The van der Waals surface area contributed by atoms with Gasteiger partial charge in [-0.15, -0.1) is 0 Å². The van der Waals surface area contributed by atoms with Gasteiger partial charge in [-0.2, -0.15) is 0 Å². The van der Waals surface area contributed by atoms with Crippen LogP contribution in [0.1, 0.15) is 11.3 Å². The molecule has 1 heterocycles. The SMILES string of the molecule is Cc1cccc(-c2ccc(O)c(C)n2)c1F. The number of aromatic hydroxyl groups is 1. The van der Waals surface area contributed by atoms with Gasteiger partial charge in [0.05, 0.1) is 11.4 Å². The highest BCUT2D eigenvalue weighted by Gasteiger charge is 2.09. The Morgan fingerprint density at radius 2 is 1.88 bits per heavy atom. The first kappa shape index (κ1) is 10.6. The van der Waals surface area contributed by atoms with Gasteiger partial charge in [0.1, 0.15) is 11.6 Å². The highest BCUT2D eigenvalue weighted by atomic mass is 19.1. The largest absolute Gasteiger partial charge is 0.506 e. The fraction of sp³-hybridized carbons (Fsp3) is 0.154. The lowest BCUT2D eigenvalue weighted by Gasteiger charge is -2.06. The molecule has 1 aromatic carbocycles. The minimum atomic E-state index is -0.264. The highest BCUT2D eigenvalue weighted by molar-refractivity contribution is 5.62. The van der Waals surface area contributed by atoms with Gasteiger partial charge in [0.25, 0.3) is 0 Å². The first-order valence-corrected chi connectivity index (χ1v) is 5.01. The minimum absolute atomic E-state index is 0.122. The molecule has 0 bridgehead atoms. The van der Waals surface area contributed by atoms with E-state index < -0.39 is 0 Å². The van der Waals surface area contributed by atoms with Crippen LogP contribution in [0.3, 0.4) is 0 Å². The van der Waals surface area contributed by atoms with E-state index in [1.165, 1.54) is 6.07 Å². The topological polar surface area (TPSA) is 33.1 Å². The molecule has 0 saturated heterocycles. The number of hydrogen-bond acceptors (Lipinski definition) is 2. The van der Waals surface area contributed by atoms with Crippen LogP contribution in [0, 0.1) is 19.7 Å². The summed E-state index contributed by atoms with van der Waals surface area (Å²) in [4.78, 5) is 4.15. The summed E-state index contributed by atoms with van der Waals surface area (Å²) in [6, 6.07) is 8.32. The maximum absolute atomic E-state index is 13.8. The Labute approximate surface area is 93.4 Å². The zero-order chi connectivity index (χ0) is 11.7. The van der Waals surface area contributed by atoms with Crippen molar-refractivity contribution in [3.8, 4) is 17.0 Å². The molecule has 0 atom stereocenters. The molecule has 0 aliphatic rings. The van der Waals surface area contributed by atoms with Crippen LogP contribution in [0.15, 0.2) is 30.3 Å². The second-order valence-electron chi connectivity index (χ2n) is 3.74. The van der Waals surface area contributed by atoms with Gasteiger partial charge in [-0.25, -0.2) is 9.37 Å². The summed E-state index contributed by atoms with van der Waals surface area (Å²) in [6.07, 6.45) is 0. The van der Waals surface area contributed by atoms with Crippen molar-refractivity contribution in [3.05, 3.63) is 47.4 Å². The highest BCUT2D eigenvalue weighted by Crippen LogP contribution is 2.25. The number of nitrogens with zero attached hydrogens (tertiary/aromatic N) is 1. The van der Waals surface area contributed by atoms with E-state index in [0.29, 0.717) is 22.5 Å². The van der Waals surface area contributed by atoms with Crippen LogP contribution in [0.5, 0.6) is 5.75 Å². The number of hydrogen-bond donors (Lipinski definition) is 1. The van der Waals surface area contributed by atoms with Gasteiger partial charge >= 0.3 is 0 Å². The maximum Gasteiger partial charge on any atom is 0.136 e. The molecule has 0 saturated carbocycles. The number of pyridine rings is 1. The lowest BCUT2D eigenvalue weighted by molar-refractivity contribution is 0.468. The Kier molecular flexibility index (Phi) is 2.60. The lowest BCUT2D eigenvalue weighted by atomic mass is 10.1. The minimum Gasteiger partial charge on any atom is -0.506 e. The van der Waals surface area contributed by atoms with E-state index in [9.17, 15) is 9.50 Å². The summed E-state index contributed by atoms with van der Waals surface area (Å²) < 4.78 is 13.8. The fourth-order valence-corrected chi connectivity index (χ4v) is 1.55. The molecular formula is C13H12FNO. The van der Waals surface area contributed by atoms with Gasteiger partial charge in [0.15, 0.2) is 0 Å². The summed E-state index contributed by atoms with van der Waals surface area (Å²) in [5, 5.41) is 9.36. The summed E-state index contributed by atoms with van der Waals surface area (Å²) >= 11 is 0. The van der Waals surface area contributed by atoms with Gasteiger partial charge in [0.2, 0.25) is 0 Å². The second kappa shape index (κ2) is 3.93. The van der Waals surface area contributed by atoms with E-state index in [4.69, 9.17) is 0 Å². The van der Waals surface area contributed by atoms with Crippen molar-refractivity contribution < 1.29 is 9.50 Å². The molecule has 0 fully saturated rings. The summed E-state index contributed by atoms with van der Waals surface area (Å²) in [6.45, 7) is 3.40. The molecule has 0 unspecified atom stereocenters. The number of rotatable bonds is 1. The average molecular weight is 217 g/mol. The van der Waals surface area contributed by atoms with Crippen LogP contribution in [-0.4, -0.2) is 10.1 Å². The van der Waals surface area contributed by atoms with Crippen LogP contribution in [0.4, 0.5) is 4.39 Å². The molecule has 1 aromatic heterocycles. The monoisotopic (exact) mass is 217 g/mol. The van der Waals surface area contributed by atoms with Crippen molar-refractivity contribution in [1.82, 2.24) is 4.98 Å². The number of aromatic nitrogens is 1. The smallest absolute Gasteiger partial charge is 0.136 e. The Morgan fingerprint density at radius 3 is 2.56 bits per heavy atom. The fourth-order valence-electron chi connectivity index (χ4n) is 1.55. The van der Waals surface area contributed by atoms with E-state index >= 15 is 0 Å². The predicted octanol–water partition coefficient (Wildman–Crippen LogP) is 3.21. The summed E-state index contributed by atoms with van der Waals surface area (Å²) in [7, 11) is 0. The van der Waals surface area contributed by atoms with Crippen LogP contribution in [0.25, 0.3) is 11.3 Å². The molecule has 2 rings (SSSR count). The van der Waals surface area contributed by atoms with Crippen molar-refractivity contribution >= 4 is 0 Å². The molecule has 16 heavy (non-hydrogen) atoms. The summed E-state index contributed by atoms with van der Waals surface area (Å²) in [5.74, 6) is -0.142. The lowest BCUT2D eigenvalue weighted by Crippen LogP contribution is -1.92. The molecule has 0 radical (unpaired) electrons. The van der Waals surface area contributed by atoms with Crippen molar-refractivity contribution in [1.29, 1.82) is 0 Å². The number of halogens is 1. The molecule has 3 heteroatoms. The molecule has 2 aromatic rings. The molecule has 2 nitrogen and oxygen atoms in total. The normalized spacial score (nSPS) is 10.4. The predicted molar refractivity (Wildman–Crippen MR) is 60.8 cm³/mol. The Morgan fingerprint density at radius 1 is 1.12 bits per heavy atom.